The summed E-state index contributed by atoms with van der Waals surface area (Å²) >= 11 is 10.2. The zero-order valence-electron chi connectivity index (χ0n) is 15.3. The second-order valence-corrected chi connectivity index (χ2v) is 7.61. The van der Waals surface area contributed by atoms with Crippen LogP contribution in [0.15, 0.2) is 12.1 Å². The highest BCUT2D eigenvalue weighted by Crippen LogP contribution is 2.31. The fourth-order valence-corrected chi connectivity index (χ4v) is 3.59. The molecule has 4 amide bonds. The van der Waals surface area contributed by atoms with Crippen molar-refractivity contribution in [3.05, 3.63) is 28.5 Å². The molecule has 28 heavy (non-hydrogen) atoms. The molecule has 2 aliphatic rings. The summed E-state index contributed by atoms with van der Waals surface area (Å²) < 4.78 is 14.6. The summed E-state index contributed by atoms with van der Waals surface area (Å²) in [4.78, 5) is 45.5. The molecule has 0 aromatic heterocycles. The van der Waals surface area contributed by atoms with Gasteiger partial charge in [0.25, 0.3) is 0 Å². The molecule has 1 saturated carbocycles. The van der Waals surface area contributed by atoms with E-state index in [1.807, 2.05) is 0 Å². The molecule has 152 valence electrons. The minimum Gasteiger partial charge on any atom is -0.366 e. The first-order valence-corrected chi connectivity index (χ1v) is 9.59. The Morgan fingerprint density at radius 3 is 2.36 bits per heavy atom. The molecule has 8 nitrogen and oxygen atoms in total. The minimum atomic E-state index is -0.925. The summed E-state index contributed by atoms with van der Waals surface area (Å²) in [5, 5.41) is -0.190. The second-order valence-electron chi connectivity index (χ2n) is 6.74. The highest BCUT2D eigenvalue weighted by molar-refractivity contribution is 7.80. The number of rotatable bonds is 4. The Morgan fingerprint density at radius 1 is 1.21 bits per heavy atom. The smallest absolute Gasteiger partial charge is 0.358 e. The number of anilines is 1. The van der Waals surface area contributed by atoms with Gasteiger partial charge in [-0.3, -0.25) is 9.80 Å². The Kier molecular flexibility index (Phi) is 6.01. The molecule has 1 aromatic rings. The van der Waals surface area contributed by atoms with Crippen LogP contribution in [-0.4, -0.2) is 53.5 Å². The molecule has 1 aromatic carbocycles. The molecule has 1 aliphatic heterocycles. The monoisotopic (exact) mass is 430 g/mol. The lowest BCUT2D eigenvalue weighted by atomic mass is 10.1. The number of nitrogens with one attached hydrogen (secondary N) is 1. The maximum Gasteiger partial charge on any atom is 0.358 e. The molecule has 1 saturated heterocycles. The second kappa shape index (κ2) is 8.14. The maximum atomic E-state index is 14.6. The fourth-order valence-electron chi connectivity index (χ4n) is 3.16. The van der Waals surface area contributed by atoms with Crippen LogP contribution >= 0.6 is 24.2 Å². The van der Waals surface area contributed by atoms with Gasteiger partial charge in [0, 0.05) is 20.1 Å². The average molecular weight is 431 g/mol. The molecule has 3 rings (SSSR count). The van der Waals surface area contributed by atoms with Crippen LogP contribution in [0.25, 0.3) is 0 Å². The van der Waals surface area contributed by atoms with Crippen LogP contribution in [0.1, 0.15) is 36.0 Å². The van der Waals surface area contributed by atoms with E-state index >= 15 is 0 Å². The predicted octanol–water partition coefficient (Wildman–Crippen LogP) is 3.22. The lowest BCUT2D eigenvalue weighted by molar-refractivity contribution is 0.0160. The van der Waals surface area contributed by atoms with Crippen LogP contribution in [0.2, 0.25) is 5.02 Å². The van der Waals surface area contributed by atoms with Gasteiger partial charge in [-0.25, -0.2) is 23.7 Å². The Balaban J connectivity index is 1.89. The number of urea groups is 2. The van der Waals surface area contributed by atoms with Gasteiger partial charge in [-0.2, -0.15) is 0 Å². The van der Waals surface area contributed by atoms with E-state index in [4.69, 9.17) is 16.4 Å². The molecule has 0 bridgehead atoms. The van der Waals surface area contributed by atoms with Gasteiger partial charge in [-0.15, -0.1) is 18.1 Å². The summed E-state index contributed by atoms with van der Waals surface area (Å²) in [6.07, 6.45) is 3.86. The molecule has 2 fully saturated rings. The molecule has 0 atom stereocenters. The van der Waals surface area contributed by atoms with Gasteiger partial charge >= 0.3 is 18.0 Å². The third kappa shape index (κ3) is 3.76. The van der Waals surface area contributed by atoms with E-state index in [0.29, 0.717) is 4.90 Å². The van der Waals surface area contributed by atoms with Gasteiger partial charge in [0.2, 0.25) is 0 Å². The first-order chi connectivity index (χ1) is 13.2. The summed E-state index contributed by atoms with van der Waals surface area (Å²) in [5.74, 6) is -1.75. The van der Waals surface area contributed by atoms with Gasteiger partial charge in [0.05, 0.1) is 16.3 Å². The van der Waals surface area contributed by atoms with Gasteiger partial charge < -0.3 is 4.84 Å². The fraction of sp³-hybridized carbons (Fsp3) is 0.471. The molecule has 0 unspecified atom stereocenters. The van der Waals surface area contributed by atoms with Crippen LogP contribution in [0.4, 0.5) is 19.7 Å². The van der Waals surface area contributed by atoms with Gasteiger partial charge in [0.15, 0.2) is 5.50 Å². The number of carbonyl (C=O) groups is 3. The molecule has 1 N–H and O–H groups in total. The van der Waals surface area contributed by atoms with Crippen molar-refractivity contribution >= 4 is 47.9 Å². The van der Waals surface area contributed by atoms with E-state index in [0.717, 1.165) is 47.6 Å². The van der Waals surface area contributed by atoms with Gasteiger partial charge in [-0.05, 0) is 25.0 Å². The zero-order valence-corrected chi connectivity index (χ0v) is 17.0. The number of hydrogen-bond donors (Lipinski definition) is 2. The van der Waals surface area contributed by atoms with Crippen LogP contribution in [0, 0.1) is 5.82 Å². The van der Waals surface area contributed by atoms with E-state index in [9.17, 15) is 18.8 Å². The van der Waals surface area contributed by atoms with E-state index in [-0.39, 0.29) is 16.6 Å². The first-order valence-electron chi connectivity index (χ1n) is 8.70. The summed E-state index contributed by atoms with van der Waals surface area (Å²) in [6, 6.07) is 0.395. The Labute approximate surface area is 171 Å². The number of hydroxylamine groups is 1. The highest BCUT2D eigenvalue weighted by atomic mass is 35.5. The third-order valence-corrected chi connectivity index (χ3v) is 5.86. The summed E-state index contributed by atoms with van der Waals surface area (Å²) in [7, 11) is 2.84. The van der Waals surface area contributed by atoms with Crippen LogP contribution < -0.4 is 10.4 Å². The standard InChI is InChI=1S/C17H20ClFN4O4S/c1-21-15(25)23(16(26)22(2)17(21)28)13-7-10(11(18)8-12(13)19)14(24)27-20-9-5-3-4-6-9/h7-9,17,20,28H,3-6H2,1-2H3. The van der Waals surface area contributed by atoms with Crippen molar-refractivity contribution in [1.82, 2.24) is 15.3 Å². The van der Waals surface area contributed by atoms with Crippen molar-refractivity contribution in [2.24, 2.45) is 0 Å². The maximum absolute atomic E-state index is 14.6. The molecule has 11 heteroatoms. The molecule has 1 aliphatic carbocycles. The summed E-state index contributed by atoms with van der Waals surface area (Å²) in [6.45, 7) is 0. The number of nitrogens with zero attached hydrogens (tertiary/aromatic N) is 3. The van der Waals surface area contributed by atoms with E-state index < -0.39 is 35.0 Å². The predicted molar refractivity (Wildman–Crippen MR) is 104 cm³/mol. The van der Waals surface area contributed by atoms with E-state index in [1.54, 1.807) is 0 Å². The highest BCUT2D eigenvalue weighted by Gasteiger charge is 2.41. The molecular formula is C17H20ClFN4O4S. The van der Waals surface area contributed by atoms with Crippen molar-refractivity contribution in [3.63, 3.8) is 0 Å². The SMILES string of the molecule is CN1C(=O)N(c2cc(C(=O)ONC3CCCC3)c(Cl)cc2F)C(=O)N(C)C1S. The van der Waals surface area contributed by atoms with Crippen LogP contribution in [0.5, 0.6) is 0 Å². The molecule has 0 spiro atoms. The largest absolute Gasteiger partial charge is 0.366 e. The first kappa shape index (κ1) is 20.7. The van der Waals surface area contributed by atoms with Crippen LogP contribution in [0.3, 0.4) is 0 Å². The number of carbonyl (C=O) groups excluding carboxylic acids is 3. The topological polar surface area (TPSA) is 82.2 Å². The number of thiol groups is 1. The lowest BCUT2D eigenvalue weighted by Crippen LogP contribution is -2.62. The number of benzene rings is 1. The van der Waals surface area contributed by atoms with Crippen molar-refractivity contribution in [2.75, 3.05) is 19.0 Å². The molecular weight excluding hydrogens is 411 g/mol. The minimum absolute atomic E-state index is 0.0579. The quantitative estimate of drug-likeness (QED) is 0.566. The van der Waals surface area contributed by atoms with Gasteiger partial charge in [-0.1, -0.05) is 24.4 Å². The molecule has 1 heterocycles. The molecule has 0 radical (unpaired) electrons. The zero-order chi connectivity index (χ0) is 20.6. The number of hydrogen-bond acceptors (Lipinski definition) is 6. The lowest BCUT2D eigenvalue weighted by Gasteiger charge is -2.41. The van der Waals surface area contributed by atoms with Crippen LogP contribution in [-0.2, 0) is 4.84 Å². The Morgan fingerprint density at radius 2 is 1.79 bits per heavy atom. The van der Waals surface area contributed by atoms with Crippen molar-refractivity contribution in [1.29, 1.82) is 0 Å². The van der Waals surface area contributed by atoms with E-state index in [1.165, 1.54) is 14.1 Å². The van der Waals surface area contributed by atoms with Crippen molar-refractivity contribution < 1.29 is 23.6 Å². The Bertz CT molecular complexity index is 799. The van der Waals surface area contributed by atoms with Crippen molar-refractivity contribution in [3.8, 4) is 0 Å². The summed E-state index contributed by atoms with van der Waals surface area (Å²) in [5.41, 5.74) is 1.32. The number of halogens is 2. The third-order valence-electron chi connectivity index (χ3n) is 4.85. The van der Waals surface area contributed by atoms with Gasteiger partial charge in [0.1, 0.15) is 5.82 Å². The van der Waals surface area contributed by atoms with E-state index in [2.05, 4.69) is 18.1 Å². The van der Waals surface area contributed by atoms with Crippen molar-refractivity contribution in [2.45, 2.75) is 37.2 Å². The Hall–Kier alpha value is -2.04. The number of imide groups is 1. The number of amides is 4. The average Bonchev–Trinajstić information content (AvgIpc) is 3.18. The normalized spacial score (nSPS) is 19.0.